The molecule has 1 heterocycles. The van der Waals surface area contributed by atoms with Crippen molar-refractivity contribution >= 4 is 5.82 Å². The molecule has 0 atom stereocenters. The van der Waals surface area contributed by atoms with Crippen LogP contribution in [0.2, 0.25) is 0 Å². The summed E-state index contributed by atoms with van der Waals surface area (Å²) in [6.45, 7) is 4.56. The van der Waals surface area contributed by atoms with E-state index >= 15 is 0 Å². The normalized spacial score (nSPS) is 10.7. The van der Waals surface area contributed by atoms with Gasteiger partial charge in [-0.15, -0.1) is 0 Å². The van der Waals surface area contributed by atoms with Crippen LogP contribution in [-0.4, -0.2) is 17.1 Å². The Morgan fingerprint density at radius 3 is 2.63 bits per heavy atom. The zero-order valence-corrected chi connectivity index (χ0v) is 11.6. The van der Waals surface area contributed by atoms with Crippen LogP contribution in [-0.2, 0) is 17.8 Å². The molecule has 2 N–H and O–H groups in total. The van der Waals surface area contributed by atoms with Gasteiger partial charge in [-0.05, 0) is 18.9 Å². The highest BCUT2D eigenvalue weighted by atomic mass is 16.5. The molecule has 2 rings (SSSR count). The van der Waals surface area contributed by atoms with Crippen LogP contribution < -0.4 is 5.73 Å². The van der Waals surface area contributed by atoms with Crippen molar-refractivity contribution in [3.8, 4) is 11.4 Å². The van der Waals surface area contributed by atoms with E-state index in [0.717, 1.165) is 28.8 Å². The first-order chi connectivity index (χ1) is 9.17. The molecule has 19 heavy (non-hydrogen) atoms. The highest BCUT2D eigenvalue weighted by Gasteiger charge is 2.11. The van der Waals surface area contributed by atoms with E-state index in [9.17, 15) is 0 Å². The second-order valence-electron chi connectivity index (χ2n) is 4.45. The first kappa shape index (κ1) is 13.5. The summed E-state index contributed by atoms with van der Waals surface area (Å²) in [7, 11) is 1.68. The van der Waals surface area contributed by atoms with Crippen LogP contribution in [0.1, 0.15) is 23.7 Å². The lowest BCUT2D eigenvalue weighted by Crippen LogP contribution is -2.05. The van der Waals surface area contributed by atoms with E-state index in [1.807, 2.05) is 31.2 Å². The summed E-state index contributed by atoms with van der Waals surface area (Å²) in [5, 5.41) is 0. The van der Waals surface area contributed by atoms with Gasteiger partial charge in [0.25, 0.3) is 0 Å². The molecule has 100 valence electrons. The van der Waals surface area contributed by atoms with E-state index in [1.165, 1.54) is 0 Å². The average Bonchev–Trinajstić information content (AvgIpc) is 2.43. The maximum Gasteiger partial charge on any atom is 0.162 e. The van der Waals surface area contributed by atoms with E-state index in [0.29, 0.717) is 18.2 Å². The van der Waals surface area contributed by atoms with Gasteiger partial charge >= 0.3 is 0 Å². The van der Waals surface area contributed by atoms with Crippen molar-refractivity contribution in [2.45, 2.75) is 26.9 Å². The van der Waals surface area contributed by atoms with E-state index in [-0.39, 0.29) is 0 Å². The third-order valence-corrected chi connectivity index (χ3v) is 3.18. The molecule has 2 aromatic rings. The Kier molecular flexibility index (Phi) is 4.12. The minimum absolute atomic E-state index is 0.536. The van der Waals surface area contributed by atoms with Crippen LogP contribution >= 0.6 is 0 Å². The third kappa shape index (κ3) is 2.74. The molecule has 0 radical (unpaired) electrons. The first-order valence-electron chi connectivity index (χ1n) is 6.37. The number of methoxy groups -OCH3 is 1. The Balaban J connectivity index is 2.56. The molecule has 0 spiro atoms. The fourth-order valence-electron chi connectivity index (χ4n) is 2.07. The quantitative estimate of drug-likeness (QED) is 0.914. The fourth-order valence-corrected chi connectivity index (χ4v) is 2.07. The lowest BCUT2D eigenvalue weighted by Gasteiger charge is -2.11. The topological polar surface area (TPSA) is 61.0 Å². The van der Waals surface area contributed by atoms with Crippen LogP contribution in [0, 0.1) is 6.92 Å². The van der Waals surface area contributed by atoms with Gasteiger partial charge in [-0.1, -0.05) is 31.2 Å². The van der Waals surface area contributed by atoms with Crippen LogP contribution in [0.4, 0.5) is 5.82 Å². The number of nitrogen functional groups attached to an aromatic ring is 1. The Morgan fingerprint density at radius 2 is 1.95 bits per heavy atom. The molecule has 0 saturated carbocycles. The van der Waals surface area contributed by atoms with Gasteiger partial charge in [-0.3, -0.25) is 0 Å². The number of aryl methyl sites for hydroxylation is 1. The van der Waals surface area contributed by atoms with Gasteiger partial charge in [0.1, 0.15) is 5.82 Å². The maximum atomic E-state index is 5.98. The standard InChI is InChI=1S/C15H19N3O/c1-4-13-10(2)14(16)18-15(17-13)12-8-6-5-7-11(12)9-19-3/h5-8H,4,9H2,1-3H3,(H2,16,17,18). The molecule has 0 unspecified atom stereocenters. The van der Waals surface area contributed by atoms with Gasteiger partial charge in [-0.25, -0.2) is 9.97 Å². The van der Waals surface area contributed by atoms with Crippen LogP contribution in [0.25, 0.3) is 11.4 Å². The molecular formula is C15H19N3O. The Morgan fingerprint density at radius 1 is 1.21 bits per heavy atom. The molecule has 4 nitrogen and oxygen atoms in total. The molecule has 0 saturated heterocycles. The van der Waals surface area contributed by atoms with Crippen LogP contribution in [0.5, 0.6) is 0 Å². The predicted molar refractivity (Wildman–Crippen MR) is 76.7 cm³/mol. The molecule has 0 fully saturated rings. The van der Waals surface area contributed by atoms with E-state index < -0.39 is 0 Å². The molecule has 1 aromatic heterocycles. The van der Waals surface area contributed by atoms with Crippen molar-refractivity contribution in [1.82, 2.24) is 9.97 Å². The summed E-state index contributed by atoms with van der Waals surface area (Å²) < 4.78 is 5.21. The maximum absolute atomic E-state index is 5.98. The number of nitrogens with two attached hydrogens (primary N) is 1. The number of hydrogen-bond donors (Lipinski definition) is 1. The summed E-state index contributed by atoms with van der Waals surface area (Å²) in [4.78, 5) is 9.02. The number of nitrogens with zero attached hydrogens (tertiary/aromatic N) is 2. The monoisotopic (exact) mass is 257 g/mol. The van der Waals surface area contributed by atoms with Gasteiger partial charge in [0, 0.05) is 23.9 Å². The van der Waals surface area contributed by atoms with Crippen molar-refractivity contribution in [1.29, 1.82) is 0 Å². The Labute approximate surface area is 113 Å². The highest BCUT2D eigenvalue weighted by Crippen LogP contribution is 2.24. The number of benzene rings is 1. The van der Waals surface area contributed by atoms with Crippen LogP contribution in [0.3, 0.4) is 0 Å². The smallest absolute Gasteiger partial charge is 0.162 e. The van der Waals surface area contributed by atoms with E-state index in [2.05, 4.69) is 16.9 Å². The van der Waals surface area contributed by atoms with Crippen molar-refractivity contribution in [3.63, 3.8) is 0 Å². The minimum atomic E-state index is 0.536. The van der Waals surface area contributed by atoms with Crippen molar-refractivity contribution < 1.29 is 4.74 Å². The second-order valence-corrected chi connectivity index (χ2v) is 4.45. The summed E-state index contributed by atoms with van der Waals surface area (Å²) in [5.74, 6) is 1.22. The first-order valence-corrected chi connectivity index (χ1v) is 6.37. The largest absolute Gasteiger partial charge is 0.383 e. The van der Waals surface area contributed by atoms with Crippen molar-refractivity contribution in [2.24, 2.45) is 0 Å². The lowest BCUT2D eigenvalue weighted by molar-refractivity contribution is 0.185. The zero-order valence-electron chi connectivity index (χ0n) is 11.6. The number of aromatic nitrogens is 2. The third-order valence-electron chi connectivity index (χ3n) is 3.18. The van der Waals surface area contributed by atoms with Crippen molar-refractivity contribution in [3.05, 3.63) is 41.1 Å². The molecule has 4 heteroatoms. The second kappa shape index (κ2) is 5.80. The summed E-state index contributed by atoms with van der Waals surface area (Å²) in [6, 6.07) is 7.97. The lowest BCUT2D eigenvalue weighted by atomic mass is 10.1. The zero-order chi connectivity index (χ0) is 13.8. The molecule has 0 amide bonds. The number of anilines is 1. The Bertz CT molecular complexity index is 582. The highest BCUT2D eigenvalue weighted by molar-refractivity contribution is 5.62. The Hall–Kier alpha value is -1.94. The molecule has 0 aliphatic carbocycles. The van der Waals surface area contributed by atoms with Gasteiger partial charge in [-0.2, -0.15) is 0 Å². The van der Waals surface area contributed by atoms with Gasteiger partial charge in [0.05, 0.1) is 6.61 Å². The van der Waals surface area contributed by atoms with Gasteiger partial charge in [0.2, 0.25) is 0 Å². The number of rotatable bonds is 4. The van der Waals surface area contributed by atoms with E-state index in [4.69, 9.17) is 10.5 Å². The molecule has 0 aliphatic rings. The van der Waals surface area contributed by atoms with Crippen molar-refractivity contribution in [2.75, 3.05) is 12.8 Å². The fraction of sp³-hybridized carbons (Fsp3) is 0.333. The van der Waals surface area contributed by atoms with Crippen LogP contribution in [0.15, 0.2) is 24.3 Å². The minimum Gasteiger partial charge on any atom is -0.383 e. The molecule has 1 aromatic carbocycles. The summed E-state index contributed by atoms with van der Waals surface area (Å²) in [6.07, 6.45) is 0.845. The van der Waals surface area contributed by atoms with Gasteiger partial charge < -0.3 is 10.5 Å². The molecule has 0 aliphatic heterocycles. The molecule has 0 bridgehead atoms. The van der Waals surface area contributed by atoms with Gasteiger partial charge in [0.15, 0.2) is 5.82 Å². The average molecular weight is 257 g/mol. The predicted octanol–water partition coefficient (Wildman–Crippen LogP) is 2.74. The summed E-state index contributed by atoms with van der Waals surface area (Å²) >= 11 is 0. The molecular weight excluding hydrogens is 238 g/mol. The number of hydrogen-bond acceptors (Lipinski definition) is 4. The number of ether oxygens (including phenoxy) is 1. The summed E-state index contributed by atoms with van der Waals surface area (Å²) in [5.41, 5.74) is 9.98. The van der Waals surface area contributed by atoms with E-state index in [1.54, 1.807) is 7.11 Å². The SMILES string of the molecule is CCc1nc(-c2ccccc2COC)nc(N)c1C.